The normalized spacial score (nSPS) is 18.2. The molecule has 242 valence electrons. The molecule has 3 atom stereocenters. The van der Waals surface area contributed by atoms with Crippen LogP contribution in [-0.2, 0) is 45.0 Å². The van der Waals surface area contributed by atoms with E-state index in [-0.39, 0.29) is 37.6 Å². The summed E-state index contributed by atoms with van der Waals surface area (Å²) < 4.78 is 6.15. The number of carbonyl (C=O) groups excluding carboxylic acids is 4. The topological polar surface area (TPSA) is 126 Å². The Bertz CT molecular complexity index is 1710. The fraction of sp³-hybridized carbons (Fsp3) is 0.263. The van der Waals surface area contributed by atoms with Crippen molar-refractivity contribution in [3.8, 4) is 11.5 Å². The van der Waals surface area contributed by atoms with E-state index in [1.165, 1.54) is 6.92 Å². The molecule has 1 aliphatic rings. The zero-order valence-corrected chi connectivity index (χ0v) is 26.6. The van der Waals surface area contributed by atoms with Crippen LogP contribution in [0.15, 0.2) is 103 Å². The summed E-state index contributed by atoms with van der Waals surface area (Å²) >= 11 is 0. The van der Waals surface area contributed by atoms with Gasteiger partial charge in [0, 0.05) is 26.3 Å². The molecule has 4 bridgehead atoms. The molecule has 0 saturated heterocycles. The van der Waals surface area contributed by atoms with E-state index in [2.05, 4.69) is 21.3 Å². The fourth-order valence-electron chi connectivity index (χ4n) is 5.53. The molecule has 9 heteroatoms. The Morgan fingerprint density at radius 2 is 1.43 bits per heavy atom. The number of carbonyl (C=O) groups is 4. The molecule has 4 amide bonds. The van der Waals surface area contributed by atoms with Crippen molar-refractivity contribution in [1.29, 1.82) is 0 Å². The fourth-order valence-corrected chi connectivity index (χ4v) is 5.53. The van der Waals surface area contributed by atoms with Crippen LogP contribution in [0.25, 0.3) is 0 Å². The van der Waals surface area contributed by atoms with Gasteiger partial charge in [0.15, 0.2) is 0 Å². The zero-order valence-electron chi connectivity index (χ0n) is 26.6. The van der Waals surface area contributed by atoms with Crippen molar-refractivity contribution in [2.75, 3.05) is 0 Å². The van der Waals surface area contributed by atoms with Gasteiger partial charge in [0.1, 0.15) is 29.6 Å². The SMILES string of the molecule is CC(=O)N[C@H]1Cc2cccc(c2)Oc2cccc(c2)C[C@@H](C(=O)NCc2ccc(C)cc2)NC(=O)[C@H](CCc2ccccc2)NC1=O. The third-order valence-corrected chi connectivity index (χ3v) is 8.02. The quantitative estimate of drug-likeness (QED) is 0.242. The molecular formula is C38H40N4O5. The van der Waals surface area contributed by atoms with Gasteiger partial charge in [-0.3, -0.25) is 19.2 Å². The van der Waals surface area contributed by atoms with Crippen LogP contribution in [0.2, 0.25) is 0 Å². The molecule has 0 aromatic heterocycles. The van der Waals surface area contributed by atoms with E-state index in [0.717, 1.165) is 27.8 Å². The number of fused-ring (bicyclic) bond motifs is 4. The van der Waals surface area contributed by atoms with Gasteiger partial charge in [-0.25, -0.2) is 0 Å². The number of nitrogens with one attached hydrogen (secondary N) is 4. The molecule has 47 heavy (non-hydrogen) atoms. The van der Waals surface area contributed by atoms with Gasteiger partial charge in [-0.1, -0.05) is 84.4 Å². The first-order valence-corrected chi connectivity index (χ1v) is 15.8. The van der Waals surface area contributed by atoms with Crippen LogP contribution < -0.4 is 26.0 Å². The third-order valence-electron chi connectivity index (χ3n) is 8.02. The maximum Gasteiger partial charge on any atom is 0.243 e. The van der Waals surface area contributed by atoms with Crippen LogP contribution in [0.4, 0.5) is 0 Å². The Balaban J connectivity index is 1.47. The van der Waals surface area contributed by atoms with Crippen molar-refractivity contribution in [3.05, 3.63) is 131 Å². The van der Waals surface area contributed by atoms with E-state index in [1.54, 1.807) is 0 Å². The van der Waals surface area contributed by atoms with Crippen molar-refractivity contribution in [2.45, 2.75) is 64.2 Å². The molecule has 5 rings (SSSR count). The van der Waals surface area contributed by atoms with Gasteiger partial charge >= 0.3 is 0 Å². The van der Waals surface area contributed by atoms with E-state index in [0.29, 0.717) is 17.9 Å². The smallest absolute Gasteiger partial charge is 0.243 e. The summed E-state index contributed by atoms with van der Waals surface area (Å²) in [6.45, 7) is 3.63. The third kappa shape index (κ3) is 9.77. The number of amides is 4. The highest BCUT2D eigenvalue weighted by atomic mass is 16.5. The second-order valence-corrected chi connectivity index (χ2v) is 11.9. The highest BCUT2D eigenvalue weighted by Crippen LogP contribution is 2.25. The monoisotopic (exact) mass is 632 g/mol. The zero-order chi connectivity index (χ0) is 33.2. The molecule has 0 unspecified atom stereocenters. The summed E-state index contributed by atoms with van der Waals surface area (Å²) in [4.78, 5) is 53.5. The average Bonchev–Trinajstić information content (AvgIpc) is 3.05. The van der Waals surface area contributed by atoms with Crippen LogP contribution >= 0.6 is 0 Å². The Kier molecular flexibility index (Phi) is 11.0. The predicted molar refractivity (Wildman–Crippen MR) is 180 cm³/mol. The Morgan fingerprint density at radius 1 is 0.766 bits per heavy atom. The number of rotatable bonds is 7. The number of aryl methyl sites for hydroxylation is 2. The second-order valence-electron chi connectivity index (χ2n) is 11.9. The lowest BCUT2D eigenvalue weighted by Crippen LogP contribution is -2.57. The van der Waals surface area contributed by atoms with Crippen LogP contribution in [0.3, 0.4) is 0 Å². The van der Waals surface area contributed by atoms with Gasteiger partial charge < -0.3 is 26.0 Å². The lowest BCUT2D eigenvalue weighted by Gasteiger charge is -2.26. The number of hydrogen-bond donors (Lipinski definition) is 4. The van der Waals surface area contributed by atoms with E-state index in [4.69, 9.17) is 4.74 Å². The van der Waals surface area contributed by atoms with Gasteiger partial charge in [0.25, 0.3) is 0 Å². The van der Waals surface area contributed by atoms with E-state index >= 15 is 0 Å². The van der Waals surface area contributed by atoms with Crippen LogP contribution in [0.1, 0.15) is 41.2 Å². The maximum absolute atomic E-state index is 14.0. The molecule has 0 radical (unpaired) electrons. The van der Waals surface area contributed by atoms with Gasteiger partial charge in [0.05, 0.1) is 0 Å². The van der Waals surface area contributed by atoms with Crippen molar-refractivity contribution < 1.29 is 23.9 Å². The van der Waals surface area contributed by atoms with Gasteiger partial charge in [0.2, 0.25) is 23.6 Å². The molecule has 1 heterocycles. The number of benzene rings is 4. The van der Waals surface area contributed by atoms with Crippen LogP contribution in [0.5, 0.6) is 11.5 Å². The van der Waals surface area contributed by atoms with Gasteiger partial charge in [-0.2, -0.15) is 0 Å². The van der Waals surface area contributed by atoms with E-state index < -0.39 is 29.9 Å². The molecular weight excluding hydrogens is 592 g/mol. The first-order valence-electron chi connectivity index (χ1n) is 15.8. The number of hydrogen-bond acceptors (Lipinski definition) is 5. The molecule has 0 fully saturated rings. The summed E-state index contributed by atoms with van der Waals surface area (Å²) in [5.41, 5.74) is 4.61. The summed E-state index contributed by atoms with van der Waals surface area (Å²) in [6.07, 6.45) is 1.16. The first kappa shape index (κ1) is 32.9. The van der Waals surface area contributed by atoms with Crippen molar-refractivity contribution in [2.24, 2.45) is 0 Å². The second kappa shape index (κ2) is 15.7. The molecule has 1 aliphatic heterocycles. The summed E-state index contributed by atoms with van der Waals surface area (Å²) in [6, 6.07) is 29.4. The van der Waals surface area contributed by atoms with Crippen molar-refractivity contribution in [1.82, 2.24) is 21.3 Å². The van der Waals surface area contributed by atoms with Crippen molar-refractivity contribution in [3.63, 3.8) is 0 Å². The minimum atomic E-state index is -0.972. The number of ether oxygens (including phenoxy) is 1. The van der Waals surface area contributed by atoms with Crippen LogP contribution in [0, 0.1) is 6.92 Å². The molecule has 4 N–H and O–H groups in total. The Labute approximate surface area is 275 Å². The van der Waals surface area contributed by atoms with E-state index in [1.807, 2.05) is 110 Å². The lowest BCUT2D eigenvalue weighted by atomic mass is 10.0. The van der Waals surface area contributed by atoms with Crippen molar-refractivity contribution >= 4 is 23.6 Å². The summed E-state index contributed by atoms with van der Waals surface area (Å²) in [5.74, 6) is -0.600. The van der Waals surface area contributed by atoms with E-state index in [9.17, 15) is 19.2 Å². The highest BCUT2D eigenvalue weighted by Gasteiger charge is 2.30. The molecule has 4 aromatic carbocycles. The molecule has 0 spiro atoms. The molecule has 4 aromatic rings. The average molecular weight is 633 g/mol. The predicted octanol–water partition coefficient (Wildman–Crippen LogP) is 4.31. The standard InChI is InChI=1S/C38H40N4O5/c1-25-14-16-28(17-15-25)24-39-36(44)34-22-29-10-6-12-31(20-29)47-32-13-7-11-30(21-32)23-35(40-26(2)43)38(46)41-33(37(45)42-34)19-18-27-8-4-3-5-9-27/h3-17,20-21,33-35H,18-19,22-24H2,1-2H3,(H,39,44)(H,40,43)(H,41,46)(H,42,45)/t33-,34-,35-/m0/s1. The minimum Gasteiger partial charge on any atom is -0.457 e. The van der Waals surface area contributed by atoms with Gasteiger partial charge in [-0.05, 0) is 66.3 Å². The molecule has 0 aliphatic carbocycles. The summed E-state index contributed by atoms with van der Waals surface area (Å²) in [7, 11) is 0. The molecule has 9 nitrogen and oxygen atoms in total. The minimum absolute atomic E-state index is 0.180. The lowest BCUT2D eigenvalue weighted by molar-refractivity contribution is -0.133. The maximum atomic E-state index is 14.0. The first-order chi connectivity index (χ1) is 22.7. The Hall–Kier alpha value is -5.44. The Morgan fingerprint density at radius 3 is 2.09 bits per heavy atom. The molecule has 0 saturated carbocycles. The summed E-state index contributed by atoms with van der Waals surface area (Å²) in [5, 5.41) is 11.5. The highest BCUT2D eigenvalue weighted by molar-refractivity contribution is 5.94. The largest absolute Gasteiger partial charge is 0.457 e. The van der Waals surface area contributed by atoms with Crippen LogP contribution in [-0.4, -0.2) is 41.8 Å². The van der Waals surface area contributed by atoms with Gasteiger partial charge in [-0.15, -0.1) is 0 Å².